The molecule has 170 valence electrons. The number of hydrogen-bond acceptors (Lipinski definition) is 6. The number of fused-ring (bicyclic) bond motifs is 2. The minimum atomic E-state index is -1.31. The van der Waals surface area contributed by atoms with Crippen molar-refractivity contribution in [2.24, 2.45) is 10.1 Å². The van der Waals surface area contributed by atoms with Gasteiger partial charge in [0, 0.05) is 5.69 Å². The number of nitrogens with one attached hydrogen (secondary N) is 1. The van der Waals surface area contributed by atoms with Crippen LogP contribution < -0.4 is 5.32 Å². The van der Waals surface area contributed by atoms with Gasteiger partial charge in [0.1, 0.15) is 12.8 Å². The molecule has 1 N–H and O–H groups in total. The van der Waals surface area contributed by atoms with Crippen molar-refractivity contribution in [3.63, 3.8) is 0 Å². The van der Waals surface area contributed by atoms with Crippen LogP contribution >= 0.6 is 0 Å². The second-order valence-corrected chi connectivity index (χ2v) is 8.81. The van der Waals surface area contributed by atoms with Crippen LogP contribution in [0.1, 0.15) is 41.5 Å². The first-order chi connectivity index (χ1) is 16.2. The van der Waals surface area contributed by atoms with Crippen molar-refractivity contribution in [3.05, 3.63) is 65.2 Å². The van der Waals surface area contributed by atoms with Crippen LogP contribution in [-0.4, -0.2) is 37.3 Å². The first-order valence-corrected chi connectivity index (χ1v) is 11.7. The Morgan fingerprint density at radius 1 is 1.09 bits per heavy atom. The number of aldehydes is 1. The molecule has 6 nitrogen and oxygen atoms in total. The molecule has 0 saturated heterocycles. The predicted molar refractivity (Wildman–Crippen MR) is 131 cm³/mol. The summed E-state index contributed by atoms with van der Waals surface area (Å²) < 4.78 is 6.06. The fourth-order valence-electron chi connectivity index (χ4n) is 5.46. The van der Waals surface area contributed by atoms with Gasteiger partial charge >= 0.3 is 0 Å². The van der Waals surface area contributed by atoms with Crippen molar-refractivity contribution in [1.29, 1.82) is 0 Å². The lowest BCUT2D eigenvalue weighted by Crippen LogP contribution is -2.44. The Hall–Kier alpha value is -3.41. The number of hydrogen-bond donors (Lipinski definition) is 1. The summed E-state index contributed by atoms with van der Waals surface area (Å²) in [7, 11) is 1.43. The second-order valence-electron chi connectivity index (χ2n) is 8.81. The number of rotatable bonds is 6. The van der Waals surface area contributed by atoms with E-state index in [0.717, 1.165) is 44.1 Å². The highest BCUT2D eigenvalue weighted by Gasteiger charge is 2.43. The molecule has 1 atom stereocenters. The summed E-state index contributed by atoms with van der Waals surface area (Å²) in [6, 6.07) is 11.1. The van der Waals surface area contributed by atoms with Gasteiger partial charge in [0.25, 0.3) is 6.02 Å². The molecule has 1 unspecified atom stereocenters. The first kappa shape index (κ1) is 21.4. The van der Waals surface area contributed by atoms with E-state index in [1.165, 1.54) is 59.4 Å². The number of amidine groups is 1. The van der Waals surface area contributed by atoms with Crippen LogP contribution in [0.4, 0.5) is 5.69 Å². The Bertz CT molecular complexity index is 1150. The van der Waals surface area contributed by atoms with Gasteiger partial charge in [0.2, 0.25) is 5.60 Å². The maximum Gasteiger partial charge on any atom is 0.290 e. The lowest BCUT2D eigenvalue weighted by atomic mass is 9.80. The number of carbonyl (C=O) groups excluding carboxylic acids is 1. The molecule has 0 fully saturated rings. The van der Waals surface area contributed by atoms with Crippen molar-refractivity contribution >= 4 is 23.7 Å². The Labute approximate surface area is 194 Å². The number of carbonyl (C=O) groups is 1. The van der Waals surface area contributed by atoms with Gasteiger partial charge in [-0.3, -0.25) is 4.79 Å². The molecular formula is C27H29N3O3. The maximum absolute atomic E-state index is 12.0. The summed E-state index contributed by atoms with van der Waals surface area (Å²) in [6.45, 7) is 3.89. The normalized spacial score (nSPS) is 21.5. The molecule has 1 heterocycles. The van der Waals surface area contributed by atoms with E-state index in [4.69, 9.17) is 9.57 Å². The van der Waals surface area contributed by atoms with Crippen LogP contribution in [0, 0.1) is 0 Å². The van der Waals surface area contributed by atoms with Gasteiger partial charge in [-0.25, -0.2) is 4.99 Å². The van der Waals surface area contributed by atoms with Gasteiger partial charge in [-0.05, 0) is 84.4 Å². The fraction of sp³-hybridized carbons (Fsp3) is 0.370. The molecule has 0 amide bonds. The van der Waals surface area contributed by atoms with E-state index < -0.39 is 5.60 Å². The molecule has 0 saturated carbocycles. The number of ether oxygens (including phenoxy) is 1. The zero-order valence-corrected chi connectivity index (χ0v) is 19.0. The average molecular weight is 444 g/mol. The van der Waals surface area contributed by atoms with Crippen molar-refractivity contribution in [2.75, 3.05) is 19.0 Å². The molecular weight excluding hydrogens is 414 g/mol. The first-order valence-electron chi connectivity index (χ1n) is 11.7. The van der Waals surface area contributed by atoms with Crippen LogP contribution in [0.5, 0.6) is 0 Å². The standard InChI is InChI=1S/C27H29N3O3/c1-3-23(30-32-2)27(17-31)16-28-26(33-27)29-25-21-13-8-7-12-19(21)24(18-10-5-4-6-11-18)20-14-9-15-22(20)25/h3-6,10-11,17H,1,7-9,12-16H2,2H3,(H,28,29)/b30-23+. The van der Waals surface area contributed by atoms with E-state index in [-0.39, 0.29) is 6.54 Å². The molecule has 5 rings (SSSR count). The van der Waals surface area contributed by atoms with Gasteiger partial charge in [0.15, 0.2) is 6.29 Å². The van der Waals surface area contributed by atoms with Gasteiger partial charge in [-0.1, -0.05) is 42.1 Å². The molecule has 0 spiro atoms. The monoisotopic (exact) mass is 443 g/mol. The maximum atomic E-state index is 12.0. The van der Waals surface area contributed by atoms with E-state index in [1.54, 1.807) is 0 Å². The van der Waals surface area contributed by atoms with E-state index in [2.05, 4.69) is 52.4 Å². The van der Waals surface area contributed by atoms with Crippen LogP contribution in [0.2, 0.25) is 0 Å². The fourth-order valence-corrected chi connectivity index (χ4v) is 5.46. The summed E-state index contributed by atoms with van der Waals surface area (Å²) >= 11 is 0. The van der Waals surface area contributed by atoms with Crippen LogP contribution in [0.25, 0.3) is 11.1 Å². The third-order valence-corrected chi connectivity index (χ3v) is 6.93. The third kappa shape index (κ3) is 3.63. The number of nitrogens with zero attached hydrogens (tertiary/aromatic N) is 2. The average Bonchev–Trinajstić information content (AvgIpc) is 3.51. The van der Waals surface area contributed by atoms with Crippen molar-refractivity contribution in [3.8, 4) is 11.1 Å². The summed E-state index contributed by atoms with van der Waals surface area (Å²) in [5, 5.41) is 7.42. The SMILES string of the molecule is C=C/C(=N\OC)C1(C=O)CN=C(Nc2c3c(c(-c4ccccc4)c4c2CCC4)CCCC3)O1. The van der Waals surface area contributed by atoms with E-state index >= 15 is 0 Å². The van der Waals surface area contributed by atoms with E-state index in [1.807, 2.05) is 0 Å². The summed E-state index contributed by atoms with van der Waals surface area (Å²) in [4.78, 5) is 21.4. The number of aliphatic imine (C=N–C) groups is 1. The zero-order chi connectivity index (χ0) is 22.8. The molecule has 2 aromatic carbocycles. The summed E-state index contributed by atoms with van der Waals surface area (Å²) in [5.41, 5.74) is 8.48. The number of oxime groups is 1. The topological polar surface area (TPSA) is 72.3 Å². The Balaban J connectivity index is 1.56. The predicted octanol–water partition coefficient (Wildman–Crippen LogP) is 4.65. The molecule has 0 aromatic heterocycles. The van der Waals surface area contributed by atoms with E-state index in [9.17, 15) is 4.79 Å². The lowest BCUT2D eigenvalue weighted by Gasteiger charge is -2.28. The highest BCUT2D eigenvalue weighted by Crippen LogP contribution is 2.45. The molecule has 1 aliphatic heterocycles. The van der Waals surface area contributed by atoms with Gasteiger partial charge in [0.05, 0.1) is 6.54 Å². The zero-order valence-electron chi connectivity index (χ0n) is 19.0. The van der Waals surface area contributed by atoms with Gasteiger partial charge in [-0.15, -0.1) is 0 Å². The minimum Gasteiger partial charge on any atom is -0.442 e. The molecule has 6 heteroatoms. The van der Waals surface area contributed by atoms with Crippen molar-refractivity contribution in [2.45, 2.75) is 50.5 Å². The Morgan fingerprint density at radius 2 is 1.76 bits per heavy atom. The largest absolute Gasteiger partial charge is 0.442 e. The van der Waals surface area contributed by atoms with Crippen LogP contribution in [0.3, 0.4) is 0 Å². The summed E-state index contributed by atoms with van der Waals surface area (Å²) in [6.07, 6.45) is 9.92. The molecule has 2 aromatic rings. The van der Waals surface area contributed by atoms with E-state index in [0.29, 0.717) is 11.7 Å². The molecule has 33 heavy (non-hydrogen) atoms. The summed E-state index contributed by atoms with van der Waals surface area (Å²) in [5.74, 6) is 0. The quantitative estimate of drug-likeness (QED) is 0.401. The van der Waals surface area contributed by atoms with Gasteiger partial charge in [-0.2, -0.15) is 0 Å². The highest BCUT2D eigenvalue weighted by atomic mass is 16.6. The number of benzene rings is 2. The molecule has 2 aliphatic carbocycles. The minimum absolute atomic E-state index is 0.138. The van der Waals surface area contributed by atoms with Crippen LogP contribution in [0.15, 0.2) is 53.1 Å². The van der Waals surface area contributed by atoms with Gasteiger partial charge < -0.3 is 14.9 Å². The molecule has 3 aliphatic rings. The molecule has 0 radical (unpaired) electrons. The van der Waals surface area contributed by atoms with Crippen LogP contribution in [-0.2, 0) is 40.1 Å². The lowest BCUT2D eigenvalue weighted by molar-refractivity contribution is -0.116. The van der Waals surface area contributed by atoms with Crippen molar-refractivity contribution < 1.29 is 14.4 Å². The smallest absolute Gasteiger partial charge is 0.290 e. The highest BCUT2D eigenvalue weighted by molar-refractivity contribution is 6.14. The molecule has 0 bridgehead atoms. The van der Waals surface area contributed by atoms with Crippen molar-refractivity contribution in [1.82, 2.24) is 0 Å². The Kier molecular flexibility index (Phi) is 5.75. The number of anilines is 1. The Morgan fingerprint density at radius 3 is 2.42 bits per heavy atom. The second kappa shape index (κ2) is 8.85. The third-order valence-electron chi connectivity index (χ3n) is 6.93.